The summed E-state index contributed by atoms with van der Waals surface area (Å²) in [6, 6.07) is 23.3. The van der Waals surface area contributed by atoms with E-state index in [-0.39, 0.29) is 0 Å². The van der Waals surface area contributed by atoms with Gasteiger partial charge in [-0.25, -0.2) is 0 Å². The fraction of sp³-hybridized carbons (Fsp3) is 0.136. The number of para-hydroxylation sites is 1. The van der Waals surface area contributed by atoms with Crippen molar-refractivity contribution in [3.05, 3.63) is 101 Å². The molecule has 0 saturated carbocycles. The number of pyridine rings is 1. The summed E-state index contributed by atoms with van der Waals surface area (Å²) in [5.41, 5.74) is 6.50. The molecule has 4 rings (SSSR count). The van der Waals surface area contributed by atoms with Crippen molar-refractivity contribution in [1.29, 1.82) is 0 Å². The molecule has 0 saturated heterocycles. The summed E-state index contributed by atoms with van der Waals surface area (Å²) in [6.45, 7) is 0. The van der Waals surface area contributed by atoms with E-state index in [4.69, 9.17) is 4.98 Å². The van der Waals surface area contributed by atoms with Crippen LogP contribution >= 0.6 is 0 Å². The van der Waals surface area contributed by atoms with Crippen molar-refractivity contribution < 1.29 is 0 Å². The predicted molar refractivity (Wildman–Crippen MR) is 96.4 cm³/mol. The van der Waals surface area contributed by atoms with Crippen LogP contribution in [0.2, 0.25) is 0 Å². The molecule has 0 N–H and O–H groups in total. The van der Waals surface area contributed by atoms with Gasteiger partial charge in [-0.15, -0.1) is 0 Å². The molecule has 1 nitrogen and oxygen atoms in total. The number of fused-ring (bicyclic) bond motifs is 1. The molecule has 1 heterocycles. The Bertz CT molecular complexity index is 888. The zero-order chi connectivity index (χ0) is 15.5. The molecule has 1 heteroatoms. The molecule has 1 aromatic heterocycles. The molecule has 0 radical (unpaired) electrons. The van der Waals surface area contributed by atoms with Crippen molar-refractivity contribution in [2.24, 2.45) is 0 Å². The lowest BCUT2D eigenvalue weighted by atomic mass is 10.1. The quantitative estimate of drug-likeness (QED) is 0.638. The molecule has 1 aliphatic rings. The Morgan fingerprint density at radius 2 is 1.61 bits per heavy atom. The highest BCUT2D eigenvalue weighted by atomic mass is 14.7. The molecule has 0 aliphatic heterocycles. The van der Waals surface area contributed by atoms with Gasteiger partial charge in [-0.05, 0) is 36.1 Å². The minimum atomic E-state index is 0.944. The molecular weight excluding hydrogens is 278 g/mol. The summed E-state index contributed by atoms with van der Waals surface area (Å²) >= 11 is 0. The van der Waals surface area contributed by atoms with Gasteiger partial charge in [0, 0.05) is 17.5 Å². The molecule has 112 valence electrons. The molecule has 23 heavy (non-hydrogen) atoms. The Labute approximate surface area is 137 Å². The highest BCUT2D eigenvalue weighted by Gasteiger charge is 2.09. The SMILES string of the molecule is C1=C(Cc2ccccc2)C=C(Cc2ccc3ccccc3n2)C1. The molecule has 0 amide bonds. The van der Waals surface area contributed by atoms with Crippen LogP contribution in [0.5, 0.6) is 0 Å². The molecule has 0 unspecified atom stereocenters. The zero-order valence-electron chi connectivity index (χ0n) is 13.1. The van der Waals surface area contributed by atoms with Crippen LogP contribution in [0.1, 0.15) is 17.7 Å². The normalized spacial score (nSPS) is 13.9. The first-order valence-electron chi connectivity index (χ1n) is 8.14. The van der Waals surface area contributed by atoms with Crippen molar-refractivity contribution in [3.8, 4) is 0 Å². The van der Waals surface area contributed by atoms with Gasteiger partial charge in [0.1, 0.15) is 0 Å². The average molecular weight is 297 g/mol. The molecule has 0 spiro atoms. The molecule has 1 aliphatic carbocycles. The Kier molecular flexibility index (Phi) is 3.77. The van der Waals surface area contributed by atoms with Gasteiger partial charge in [0.05, 0.1) is 5.52 Å². The van der Waals surface area contributed by atoms with E-state index in [1.165, 1.54) is 22.1 Å². The van der Waals surface area contributed by atoms with Gasteiger partial charge in [0.15, 0.2) is 0 Å². The summed E-state index contributed by atoms with van der Waals surface area (Å²) in [5.74, 6) is 0. The maximum absolute atomic E-state index is 4.78. The Balaban J connectivity index is 1.48. The topological polar surface area (TPSA) is 12.9 Å². The summed E-state index contributed by atoms with van der Waals surface area (Å²) in [5, 5.41) is 1.21. The van der Waals surface area contributed by atoms with Gasteiger partial charge in [0.2, 0.25) is 0 Å². The van der Waals surface area contributed by atoms with Crippen molar-refractivity contribution in [2.45, 2.75) is 19.3 Å². The minimum absolute atomic E-state index is 0.944. The van der Waals surface area contributed by atoms with Crippen molar-refractivity contribution in [2.75, 3.05) is 0 Å². The van der Waals surface area contributed by atoms with E-state index in [0.29, 0.717) is 0 Å². The van der Waals surface area contributed by atoms with Crippen LogP contribution in [-0.4, -0.2) is 4.98 Å². The Hall–Kier alpha value is -2.67. The minimum Gasteiger partial charge on any atom is -0.253 e. The molecule has 0 bridgehead atoms. The van der Waals surface area contributed by atoms with Crippen molar-refractivity contribution >= 4 is 10.9 Å². The van der Waals surface area contributed by atoms with Gasteiger partial charge in [-0.2, -0.15) is 0 Å². The second kappa shape index (κ2) is 6.21. The molecule has 3 aromatic rings. The standard InChI is InChI=1S/C22H19N/c1-2-6-17(7-3-1)14-18-10-11-19(15-18)16-21-13-12-20-8-4-5-9-22(20)23-21/h1-10,12-13,15H,11,14,16H2. The van der Waals surface area contributed by atoms with E-state index in [9.17, 15) is 0 Å². The van der Waals surface area contributed by atoms with E-state index in [0.717, 1.165) is 30.5 Å². The first kappa shape index (κ1) is 14.0. The third kappa shape index (κ3) is 3.24. The maximum Gasteiger partial charge on any atom is 0.0705 e. The summed E-state index contributed by atoms with van der Waals surface area (Å²) in [4.78, 5) is 4.78. The van der Waals surface area contributed by atoms with Crippen LogP contribution in [0.15, 0.2) is 90.0 Å². The van der Waals surface area contributed by atoms with Crippen molar-refractivity contribution in [1.82, 2.24) is 4.98 Å². The van der Waals surface area contributed by atoms with E-state index in [1.807, 2.05) is 6.07 Å². The van der Waals surface area contributed by atoms with Gasteiger partial charge in [-0.3, -0.25) is 4.98 Å². The Morgan fingerprint density at radius 1 is 0.783 bits per heavy atom. The number of rotatable bonds is 4. The first-order chi connectivity index (χ1) is 11.4. The summed E-state index contributed by atoms with van der Waals surface area (Å²) in [7, 11) is 0. The first-order valence-corrected chi connectivity index (χ1v) is 8.14. The third-order valence-electron chi connectivity index (χ3n) is 4.33. The lowest BCUT2D eigenvalue weighted by Gasteiger charge is -2.04. The maximum atomic E-state index is 4.78. The van der Waals surface area contributed by atoms with Crippen LogP contribution in [0.4, 0.5) is 0 Å². The van der Waals surface area contributed by atoms with Gasteiger partial charge < -0.3 is 0 Å². The van der Waals surface area contributed by atoms with E-state index in [2.05, 4.69) is 72.8 Å². The van der Waals surface area contributed by atoms with Crippen LogP contribution in [0, 0.1) is 0 Å². The number of nitrogens with zero attached hydrogens (tertiary/aromatic N) is 1. The fourth-order valence-corrected chi connectivity index (χ4v) is 3.16. The zero-order valence-corrected chi connectivity index (χ0v) is 13.1. The number of hydrogen-bond donors (Lipinski definition) is 0. The van der Waals surface area contributed by atoms with E-state index < -0.39 is 0 Å². The monoisotopic (exact) mass is 297 g/mol. The smallest absolute Gasteiger partial charge is 0.0705 e. The average Bonchev–Trinajstić information content (AvgIpc) is 3.02. The fourth-order valence-electron chi connectivity index (χ4n) is 3.16. The van der Waals surface area contributed by atoms with Crippen LogP contribution < -0.4 is 0 Å². The number of aromatic nitrogens is 1. The second-order valence-electron chi connectivity index (χ2n) is 6.12. The van der Waals surface area contributed by atoms with Gasteiger partial charge >= 0.3 is 0 Å². The number of hydrogen-bond acceptors (Lipinski definition) is 1. The highest BCUT2D eigenvalue weighted by molar-refractivity contribution is 5.78. The van der Waals surface area contributed by atoms with Crippen LogP contribution in [0.25, 0.3) is 10.9 Å². The largest absolute Gasteiger partial charge is 0.253 e. The van der Waals surface area contributed by atoms with E-state index in [1.54, 1.807) is 0 Å². The lowest BCUT2D eigenvalue weighted by molar-refractivity contribution is 1.03. The number of allylic oxidation sites excluding steroid dienone is 4. The van der Waals surface area contributed by atoms with E-state index >= 15 is 0 Å². The highest BCUT2D eigenvalue weighted by Crippen LogP contribution is 2.24. The molecule has 2 aromatic carbocycles. The Morgan fingerprint density at radius 3 is 2.52 bits per heavy atom. The summed E-state index contributed by atoms with van der Waals surface area (Å²) in [6.07, 6.45) is 7.72. The number of benzene rings is 2. The second-order valence-corrected chi connectivity index (χ2v) is 6.12. The van der Waals surface area contributed by atoms with Gasteiger partial charge in [0.25, 0.3) is 0 Å². The summed E-state index contributed by atoms with van der Waals surface area (Å²) < 4.78 is 0. The van der Waals surface area contributed by atoms with Crippen LogP contribution in [0.3, 0.4) is 0 Å². The molecule has 0 fully saturated rings. The lowest BCUT2D eigenvalue weighted by Crippen LogP contribution is -1.93. The molecular formula is C22H19N. The van der Waals surface area contributed by atoms with Crippen molar-refractivity contribution in [3.63, 3.8) is 0 Å². The third-order valence-corrected chi connectivity index (χ3v) is 4.33. The predicted octanol–water partition coefficient (Wildman–Crippen LogP) is 5.28. The molecule has 0 atom stereocenters. The van der Waals surface area contributed by atoms with Crippen LogP contribution in [-0.2, 0) is 12.8 Å². The van der Waals surface area contributed by atoms with Gasteiger partial charge in [-0.1, -0.05) is 72.3 Å².